The van der Waals surface area contributed by atoms with Crippen LogP contribution in [0.25, 0.3) is 11.0 Å². The van der Waals surface area contributed by atoms with Crippen LogP contribution in [0.1, 0.15) is 39.1 Å². The standard InChI is InChI=1S/C14H17BrN2/c1-14(2,3)11-7-8-12-16-13-9(15)5-4-6-10(13)17(11)12/h4-6,11H,7-8H2,1-3H3. The van der Waals surface area contributed by atoms with E-state index in [-0.39, 0.29) is 0 Å². The number of hydrogen-bond donors (Lipinski definition) is 0. The number of hydrogen-bond acceptors (Lipinski definition) is 1. The van der Waals surface area contributed by atoms with Gasteiger partial charge in [-0.05, 0) is 39.9 Å². The normalized spacial score (nSPS) is 19.9. The quantitative estimate of drug-likeness (QED) is 0.707. The molecular weight excluding hydrogens is 276 g/mol. The molecule has 1 aliphatic heterocycles. The summed E-state index contributed by atoms with van der Waals surface area (Å²) in [4.78, 5) is 4.77. The molecule has 1 aliphatic rings. The zero-order valence-electron chi connectivity index (χ0n) is 10.5. The molecule has 0 radical (unpaired) electrons. The summed E-state index contributed by atoms with van der Waals surface area (Å²) in [6, 6.07) is 6.91. The summed E-state index contributed by atoms with van der Waals surface area (Å²) in [6.07, 6.45) is 2.32. The fourth-order valence-electron chi connectivity index (χ4n) is 2.87. The van der Waals surface area contributed by atoms with Gasteiger partial charge in [0.2, 0.25) is 0 Å². The third-order valence-corrected chi connectivity index (χ3v) is 4.34. The fourth-order valence-corrected chi connectivity index (χ4v) is 3.31. The Morgan fingerprint density at radius 1 is 1.35 bits per heavy atom. The summed E-state index contributed by atoms with van der Waals surface area (Å²) >= 11 is 3.59. The summed E-state index contributed by atoms with van der Waals surface area (Å²) < 4.78 is 3.55. The molecule has 0 amide bonds. The number of benzene rings is 1. The summed E-state index contributed by atoms with van der Waals surface area (Å²) in [5.74, 6) is 1.24. The predicted molar refractivity (Wildman–Crippen MR) is 74.2 cm³/mol. The van der Waals surface area contributed by atoms with Crippen molar-refractivity contribution in [2.24, 2.45) is 5.41 Å². The van der Waals surface area contributed by atoms with Crippen molar-refractivity contribution in [1.29, 1.82) is 0 Å². The maximum atomic E-state index is 4.77. The van der Waals surface area contributed by atoms with Gasteiger partial charge in [0.05, 0.1) is 5.52 Å². The molecule has 2 heterocycles. The van der Waals surface area contributed by atoms with Crippen molar-refractivity contribution in [3.8, 4) is 0 Å². The number of aryl methyl sites for hydroxylation is 1. The molecule has 0 fully saturated rings. The number of imidazole rings is 1. The molecule has 90 valence electrons. The lowest BCUT2D eigenvalue weighted by atomic mass is 9.85. The number of fused-ring (bicyclic) bond motifs is 3. The zero-order valence-corrected chi connectivity index (χ0v) is 12.1. The van der Waals surface area contributed by atoms with E-state index in [0.29, 0.717) is 11.5 Å². The molecule has 1 unspecified atom stereocenters. The molecule has 2 aromatic rings. The molecule has 0 saturated carbocycles. The van der Waals surface area contributed by atoms with Gasteiger partial charge in [-0.15, -0.1) is 0 Å². The van der Waals surface area contributed by atoms with Crippen LogP contribution in [0, 0.1) is 5.41 Å². The van der Waals surface area contributed by atoms with Gasteiger partial charge in [0.25, 0.3) is 0 Å². The highest BCUT2D eigenvalue weighted by Gasteiger charge is 2.34. The second kappa shape index (κ2) is 3.58. The van der Waals surface area contributed by atoms with Crippen LogP contribution in [-0.2, 0) is 6.42 Å². The van der Waals surface area contributed by atoms with Crippen LogP contribution in [0.5, 0.6) is 0 Å². The Kier molecular flexibility index (Phi) is 2.37. The van der Waals surface area contributed by atoms with Crippen LogP contribution in [0.15, 0.2) is 22.7 Å². The number of para-hydroxylation sites is 1. The van der Waals surface area contributed by atoms with E-state index in [2.05, 4.69) is 59.5 Å². The first-order valence-corrected chi connectivity index (χ1v) is 6.93. The summed E-state index contributed by atoms with van der Waals surface area (Å²) in [6.45, 7) is 6.95. The molecule has 0 N–H and O–H groups in total. The second-order valence-electron chi connectivity index (χ2n) is 5.93. The second-order valence-corrected chi connectivity index (χ2v) is 6.78. The average Bonchev–Trinajstić information content (AvgIpc) is 2.75. The van der Waals surface area contributed by atoms with Crippen molar-refractivity contribution in [3.63, 3.8) is 0 Å². The Bertz CT molecular complexity index is 578. The van der Waals surface area contributed by atoms with Crippen LogP contribution in [-0.4, -0.2) is 9.55 Å². The molecule has 2 nitrogen and oxygen atoms in total. The van der Waals surface area contributed by atoms with Crippen molar-refractivity contribution < 1.29 is 0 Å². The minimum absolute atomic E-state index is 0.293. The summed E-state index contributed by atoms with van der Waals surface area (Å²) in [5, 5.41) is 0. The van der Waals surface area contributed by atoms with Crippen LogP contribution in [0.4, 0.5) is 0 Å². The highest BCUT2D eigenvalue weighted by molar-refractivity contribution is 9.10. The largest absolute Gasteiger partial charge is 0.324 e. The van der Waals surface area contributed by atoms with Gasteiger partial charge in [-0.1, -0.05) is 26.8 Å². The first-order chi connectivity index (χ1) is 7.98. The van der Waals surface area contributed by atoms with Crippen molar-refractivity contribution in [3.05, 3.63) is 28.5 Å². The van der Waals surface area contributed by atoms with Crippen LogP contribution < -0.4 is 0 Å². The van der Waals surface area contributed by atoms with Crippen molar-refractivity contribution in [2.45, 2.75) is 39.7 Å². The Morgan fingerprint density at radius 3 is 2.82 bits per heavy atom. The molecule has 17 heavy (non-hydrogen) atoms. The molecule has 3 heteroatoms. The lowest BCUT2D eigenvalue weighted by molar-refractivity contribution is 0.256. The SMILES string of the molecule is CC(C)(C)C1CCc2nc3c(Br)cccc3n21. The number of nitrogens with zero attached hydrogens (tertiary/aromatic N) is 2. The van der Waals surface area contributed by atoms with E-state index in [1.165, 1.54) is 17.8 Å². The third kappa shape index (κ3) is 1.63. The molecule has 1 aromatic carbocycles. The highest BCUT2D eigenvalue weighted by Crippen LogP contribution is 2.42. The van der Waals surface area contributed by atoms with Gasteiger partial charge in [0, 0.05) is 16.9 Å². The average molecular weight is 293 g/mol. The molecule has 0 saturated heterocycles. The topological polar surface area (TPSA) is 17.8 Å². The molecule has 1 atom stereocenters. The minimum atomic E-state index is 0.293. The Labute approximate surface area is 110 Å². The molecule has 0 bridgehead atoms. The lowest BCUT2D eigenvalue weighted by Crippen LogP contribution is -2.21. The van der Waals surface area contributed by atoms with Crippen molar-refractivity contribution in [2.75, 3.05) is 0 Å². The van der Waals surface area contributed by atoms with E-state index in [1.807, 2.05) is 0 Å². The Morgan fingerprint density at radius 2 is 2.12 bits per heavy atom. The maximum Gasteiger partial charge on any atom is 0.110 e. The van der Waals surface area contributed by atoms with Crippen LogP contribution >= 0.6 is 15.9 Å². The summed E-state index contributed by atoms with van der Waals surface area (Å²) in [7, 11) is 0. The van der Waals surface area contributed by atoms with Gasteiger partial charge in [-0.2, -0.15) is 0 Å². The zero-order chi connectivity index (χ0) is 12.2. The molecule has 1 aromatic heterocycles. The minimum Gasteiger partial charge on any atom is -0.324 e. The van der Waals surface area contributed by atoms with E-state index >= 15 is 0 Å². The highest BCUT2D eigenvalue weighted by atomic mass is 79.9. The van der Waals surface area contributed by atoms with Gasteiger partial charge in [0.15, 0.2) is 0 Å². The van der Waals surface area contributed by atoms with Gasteiger partial charge in [-0.3, -0.25) is 0 Å². The smallest absolute Gasteiger partial charge is 0.110 e. The lowest BCUT2D eigenvalue weighted by Gasteiger charge is -2.29. The monoisotopic (exact) mass is 292 g/mol. The van der Waals surface area contributed by atoms with E-state index < -0.39 is 0 Å². The molecular formula is C14H17BrN2. The van der Waals surface area contributed by atoms with E-state index in [4.69, 9.17) is 4.98 Å². The van der Waals surface area contributed by atoms with Crippen molar-refractivity contribution >= 4 is 27.0 Å². The number of halogens is 1. The number of aromatic nitrogens is 2. The van der Waals surface area contributed by atoms with E-state index in [9.17, 15) is 0 Å². The summed E-state index contributed by atoms with van der Waals surface area (Å²) in [5.41, 5.74) is 2.67. The Hall–Kier alpha value is -0.830. The molecule has 0 spiro atoms. The van der Waals surface area contributed by atoms with Gasteiger partial charge in [-0.25, -0.2) is 4.98 Å². The van der Waals surface area contributed by atoms with Crippen LogP contribution in [0.2, 0.25) is 0 Å². The van der Waals surface area contributed by atoms with Crippen LogP contribution in [0.3, 0.4) is 0 Å². The molecule has 0 aliphatic carbocycles. The van der Waals surface area contributed by atoms with Crippen molar-refractivity contribution in [1.82, 2.24) is 9.55 Å². The first-order valence-electron chi connectivity index (χ1n) is 6.14. The predicted octanol–water partition coefficient (Wildman–Crippen LogP) is 4.33. The van der Waals surface area contributed by atoms with Gasteiger partial charge in [0.1, 0.15) is 11.3 Å². The molecule has 3 rings (SSSR count). The van der Waals surface area contributed by atoms with E-state index in [1.54, 1.807) is 0 Å². The third-order valence-electron chi connectivity index (χ3n) is 3.70. The fraction of sp³-hybridized carbons (Fsp3) is 0.500. The number of rotatable bonds is 0. The van der Waals surface area contributed by atoms with E-state index in [0.717, 1.165) is 16.4 Å². The van der Waals surface area contributed by atoms with Gasteiger partial charge >= 0.3 is 0 Å². The maximum absolute atomic E-state index is 4.77. The van der Waals surface area contributed by atoms with Gasteiger partial charge < -0.3 is 4.57 Å². The Balaban J connectivity index is 2.27. The first kappa shape index (κ1) is 11.3.